The molecule has 1 aromatic heterocycles. The molecule has 0 aliphatic heterocycles. The predicted molar refractivity (Wildman–Crippen MR) is 122 cm³/mol. The van der Waals surface area contributed by atoms with Gasteiger partial charge in [0.05, 0.1) is 31.8 Å². The van der Waals surface area contributed by atoms with E-state index in [9.17, 15) is 13.2 Å². The van der Waals surface area contributed by atoms with Gasteiger partial charge >= 0.3 is 0 Å². The summed E-state index contributed by atoms with van der Waals surface area (Å²) in [5.74, 6) is 1.10. The number of aromatic nitrogens is 2. The Morgan fingerprint density at radius 3 is 2.38 bits per heavy atom. The highest BCUT2D eigenvalue weighted by atomic mass is 32.2. The molecule has 0 saturated carbocycles. The van der Waals surface area contributed by atoms with Crippen molar-refractivity contribution < 1.29 is 22.7 Å². The monoisotopic (exact) mass is 460 g/mol. The molecule has 0 fully saturated rings. The largest absolute Gasteiger partial charge is 0.497 e. The predicted octanol–water partition coefficient (Wildman–Crippen LogP) is 2.60. The van der Waals surface area contributed by atoms with Crippen LogP contribution in [0.25, 0.3) is 11.0 Å². The van der Waals surface area contributed by atoms with Crippen LogP contribution in [0, 0.1) is 0 Å². The van der Waals surface area contributed by atoms with Crippen molar-refractivity contribution in [3.8, 4) is 11.5 Å². The Balaban J connectivity index is 2.00. The van der Waals surface area contributed by atoms with Crippen LogP contribution in [0.1, 0.15) is 23.1 Å². The SMILES string of the molecule is CCn1c(CN(C)S(=O)(=O)c2cc(OC)ccc2OC)nc2cc(C(=O)N(C)C)ccc21. The summed E-state index contributed by atoms with van der Waals surface area (Å²) in [4.78, 5) is 18.5. The molecule has 0 radical (unpaired) electrons. The third kappa shape index (κ3) is 4.28. The van der Waals surface area contributed by atoms with Crippen LogP contribution in [0.2, 0.25) is 0 Å². The highest BCUT2D eigenvalue weighted by Crippen LogP contribution is 2.31. The zero-order valence-corrected chi connectivity index (χ0v) is 19.9. The quantitative estimate of drug-likeness (QED) is 0.513. The molecule has 0 saturated heterocycles. The molecule has 172 valence electrons. The van der Waals surface area contributed by atoms with Crippen LogP contribution in [0.5, 0.6) is 11.5 Å². The Bertz CT molecular complexity index is 1250. The molecule has 0 unspecified atom stereocenters. The topological polar surface area (TPSA) is 94.0 Å². The van der Waals surface area contributed by atoms with E-state index < -0.39 is 10.0 Å². The summed E-state index contributed by atoms with van der Waals surface area (Å²) in [6.07, 6.45) is 0. The number of amides is 1. The van der Waals surface area contributed by atoms with Gasteiger partial charge in [0.15, 0.2) is 0 Å². The van der Waals surface area contributed by atoms with Crippen molar-refractivity contribution in [3.05, 3.63) is 47.8 Å². The van der Waals surface area contributed by atoms with E-state index in [0.717, 1.165) is 5.52 Å². The first kappa shape index (κ1) is 23.6. The molecule has 9 nitrogen and oxygen atoms in total. The van der Waals surface area contributed by atoms with Gasteiger partial charge in [-0.2, -0.15) is 4.31 Å². The van der Waals surface area contributed by atoms with Crippen molar-refractivity contribution in [3.63, 3.8) is 0 Å². The fraction of sp³-hybridized carbons (Fsp3) is 0.364. The number of hydrogen-bond acceptors (Lipinski definition) is 6. The normalized spacial score (nSPS) is 11.7. The highest BCUT2D eigenvalue weighted by Gasteiger charge is 2.27. The van der Waals surface area contributed by atoms with Crippen LogP contribution in [0.15, 0.2) is 41.3 Å². The van der Waals surface area contributed by atoms with Crippen molar-refractivity contribution in [2.24, 2.45) is 0 Å². The molecular weight excluding hydrogens is 432 g/mol. The first-order valence-corrected chi connectivity index (χ1v) is 11.5. The smallest absolute Gasteiger partial charge is 0.253 e. The third-order valence-electron chi connectivity index (χ3n) is 5.22. The number of carbonyl (C=O) groups excluding carboxylic acids is 1. The summed E-state index contributed by atoms with van der Waals surface area (Å²) in [6.45, 7) is 2.61. The number of carbonyl (C=O) groups is 1. The van der Waals surface area contributed by atoms with E-state index in [1.54, 1.807) is 38.4 Å². The minimum absolute atomic E-state index is 0.0138. The molecule has 1 amide bonds. The standard InChI is InChI=1S/C22H28N4O5S/c1-7-26-18-10-8-15(22(27)24(2)3)12-17(18)23-21(26)14-25(4)32(28,29)20-13-16(30-5)9-11-19(20)31-6/h8-13H,7,14H2,1-6H3. The van der Waals surface area contributed by atoms with E-state index in [1.807, 2.05) is 17.6 Å². The van der Waals surface area contributed by atoms with Gasteiger partial charge in [-0.15, -0.1) is 0 Å². The van der Waals surface area contributed by atoms with Gasteiger partial charge in [0.2, 0.25) is 10.0 Å². The van der Waals surface area contributed by atoms with E-state index in [0.29, 0.717) is 29.2 Å². The first-order valence-electron chi connectivity index (χ1n) is 10.0. The number of rotatable bonds is 8. The van der Waals surface area contributed by atoms with Crippen LogP contribution >= 0.6 is 0 Å². The Kier molecular flexibility index (Phi) is 6.75. The number of aryl methyl sites for hydroxylation is 1. The number of imidazole rings is 1. The molecule has 0 bridgehead atoms. The Morgan fingerprint density at radius 1 is 1.06 bits per heavy atom. The summed E-state index contributed by atoms with van der Waals surface area (Å²) in [5.41, 5.74) is 2.00. The lowest BCUT2D eigenvalue weighted by molar-refractivity contribution is 0.0827. The summed E-state index contributed by atoms with van der Waals surface area (Å²) >= 11 is 0. The number of fused-ring (bicyclic) bond motifs is 1. The van der Waals surface area contributed by atoms with Crippen molar-refractivity contribution >= 4 is 27.0 Å². The van der Waals surface area contributed by atoms with Crippen LogP contribution in [0.4, 0.5) is 0 Å². The van der Waals surface area contributed by atoms with Crippen LogP contribution < -0.4 is 9.47 Å². The van der Waals surface area contributed by atoms with E-state index in [-0.39, 0.29) is 23.1 Å². The zero-order valence-electron chi connectivity index (χ0n) is 19.1. The van der Waals surface area contributed by atoms with Gasteiger partial charge in [-0.05, 0) is 37.3 Å². The maximum Gasteiger partial charge on any atom is 0.253 e. The number of methoxy groups -OCH3 is 2. The Labute approximate surface area is 188 Å². The molecular formula is C22H28N4O5S. The number of sulfonamides is 1. The number of nitrogens with zero attached hydrogens (tertiary/aromatic N) is 4. The van der Waals surface area contributed by atoms with Crippen molar-refractivity contribution in [2.75, 3.05) is 35.4 Å². The van der Waals surface area contributed by atoms with Gasteiger partial charge in [0, 0.05) is 39.3 Å². The second-order valence-corrected chi connectivity index (χ2v) is 9.47. The van der Waals surface area contributed by atoms with Crippen LogP contribution in [-0.4, -0.2) is 68.4 Å². The van der Waals surface area contributed by atoms with Gasteiger partial charge in [0.1, 0.15) is 22.2 Å². The van der Waals surface area contributed by atoms with E-state index in [1.165, 1.54) is 36.5 Å². The lowest BCUT2D eigenvalue weighted by Gasteiger charge is -2.19. The first-order chi connectivity index (χ1) is 15.1. The maximum atomic E-state index is 13.3. The van der Waals surface area contributed by atoms with Crippen molar-refractivity contribution in [1.29, 1.82) is 0 Å². The van der Waals surface area contributed by atoms with Gasteiger partial charge in [-0.1, -0.05) is 0 Å². The average Bonchev–Trinajstić information content (AvgIpc) is 3.13. The second kappa shape index (κ2) is 9.17. The number of benzene rings is 2. The minimum atomic E-state index is -3.89. The molecule has 32 heavy (non-hydrogen) atoms. The van der Waals surface area contributed by atoms with Crippen molar-refractivity contribution in [1.82, 2.24) is 18.8 Å². The molecule has 0 aliphatic carbocycles. The molecule has 0 aliphatic rings. The molecule has 2 aromatic carbocycles. The second-order valence-electron chi connectivity index (χ2n) is 7.45. The van der Waals surface area contributed by atoms with Crippen molar-refractivity contribution in [2.45, 2.75) is 24.9 Å². The minimum Gasteiger partial charge on any atom is -0.497 e. The molecule has 10 heteroatoms. The molecule has 1 heterocycles. The lowest BCUT2D eigenvalue weighted by atomic mass is 10.2. The van der Waals surface area contributed by atoms with Gasteiger partial charge < -0.3 is 18.9 Å². The molecule has 3 rings (SSSR count). The van der Waals surface area contributed by atoms with Gasteiger partial charge in [-0.25, -0.2) is 13.4 Å². The zero-order chi connectivity index (χ0) is 23.6. The average molecular weight is 461 g/mol. The fourth-order valence-electron chi connectivity index (χ4n) is 3.48. The van der Waals surface area contributed by atoms with Crippen LogP contribution in [-0.2, 0) is 23.1 Å². The van der Waals surface area contributed by atoms with Gasteiger partial charge in [-0.3, -0.25) is 4.79 Å². The van der Waals surface area contributed by atoms with Crippen LogP contribution in [0.3, 0.4) is 0 Å². The fourth-order valence-corrected chi connectivity index (χ4v) is 4.77. The highest BCUT2D eigenvalue weighted by molar-refractivity contribution is 7.89. The summed E-state index contributed by atoms with van der Waals surface area (Å²) in [6, 6.07) is 9.96. The van der Waals surface area contributed by atoms with E-state index >= 15 is 0 Å². The molecule has 0 spiro atoms. The maximum absolute atomic E-state index is 13.3. The Morgan fingerprint density at radius 2 is 1.78 bits per heavy atom. The molecule has 3 aromatic rings. The molecule has 0 atom stereocenters. The number of hydrogen-bond donors (Lipinski definition) is 0. The van der Waals surface area contributed by atoms with Gasteiger partial charge in [0.25, 0.3) is 5.91 Å². The summed E-state index contributed by atoms with van der Waals surface area (Å²) in [7, 11) is 3.87. The van der Waals surface area contributed by atoms with E-state index in [4.69, 9.17) is 9.47 Å². The Hall–Kier alpha value is -3.11. The summed E-state index contributed by atoms with van der Waals surface area (Å²) in [5, 5.41) is 0. The summed E-state index contributed by atoms with van der Waals surface area (Å²) < 4.78 is 40.3. The third-order valence-corrected chi connectivity index (χ3v) is 7.04. The lowest BCUT2D eigenvalue weighted by Crippen LogP contribution is -2.28. The molecule has 0 N–H and O–H groups in total. The number of ether oxygens (including phenoxy) is 2. The van der Waals surface area contributed by atoms with E-state index in [2.05, 4.69) is 4.98 Å².